The monoisotopic (exact) mass is 406 g/mol. The Balaban J connectivity index is 1.52. The summed E-state index contributed by atoms with van der Waals surface area (Å²) in [6, 6.07) is 7.28. The van der Waals surface area contributed by atoms with E-state index in [0.29, 0.717) is 40.3 Å². The van der Waals surface area contributed by atoms with Gasteiger partial charge in [-0.25, -0.2) is 9.97 Å². The average Bonchev–Trinajstić information content (AvgIpc) is 3.19. The predicted molar refractivity (Wildman–Crippen MR) is 112 cm³/mol. The number of thiophene rings is 1. The third-order valence-corrected chi connectivity index (χ3v) is 5.23. The van der Waals surface area contributed by atoms with Gasteiger partial charge >= 0.3 is 0 Å². The van der Waals surface area contributed by atoms with E-state index in [2.05, 4.69) is 25.3 Å². The van der Waals surface area contributed by atoms with Crippen molar-refractivity contribution in [2.75, 3.05) is 19.4 Å². The summed E-state index contributed by atoms with van der Waals surface area (Å²) in [6.45, 7) is 0.436. The number of nitrogens with two attached hydrogens (primary N) is 1. The Morgan fingerprint density at radius 3 is 2.93 bits per heavy atom. The summed E-state index contributed by atoms with van der Waals surface area (Å²) in [5.41, 5.74) is 8.18. The van der Waals surface area contributed by atoms with Gasteiger partial charge in [0, 0.05) is 36.1 Å². The van der Waals surface area contributed by atoms with Gasteiger partial charge in [-0.1, -0.05) is 6.07 Å². The fraction of sp³-hybridized carbons (Fsp3) is 0.150. The first kappa shape index (κ1) is 18.8. The van der Waals surface area contributed by atoms with Crippen molar-refractivity contribution in [3.8, 4) is 17.3 Å². The molecule has 0 spiro atoms. The molecule has 0 radical (unpaired) electrons. The number of ether oxygens (including phenoxy) is 1. The van der Waals surface area contributed by atoms with Gasteiger partial charge in [0.1, 0.15) is 22.1 Å². The van der Waals surface area contributed by atoms with Crippen LogP contribution in [-0.2, 0) is 6.42 Å². The Hall–Kier alpha value is -3.59. The lowest BCUT2D eigenvalue weighted by molar-refractivity contribution is 0.0956. The molecule has 0 saturated carbocycles. The van der Waals surface area contributed by atoms with Crippen LogP contribution >= 0.6 is 11.3 Å². The van der Waals surface area contributed by atoms with E-state index in [1.54, 1.807) is 37.1 Å². The smallest absolute Gasteiger partial charge is 0.252 e. The number of hydrogen-bond donors (Lipinski definition) is 2. The lowest BCUT2D eigenvalue weighted by Gasteiger charge is -2.09. The van der Waals surface area contributed by atoms with Gasteiger partial charge in [0.25, 0.3) is 5.91 Å². The third kappa shape index (κ3) is 3.85. The highest BCUT2D eigenvalue weighted by molar-refractivity contribution is 7.17. The number of aromatic nitrogens is 4. The standard InChI is InChI=1S/C20H18N6O2S/c1-28-15-6-8-22-10-12(15)5-9-24-19(27)13-11-29-20-16(13)17(21)25-18(26-20)14-4-2-3-7-23-14/h2-4,6-8,10-11H,5,9H2,1H3,(H,24,27)(H2,21,25,26). The molecule has 4 heterocycles. The van der Waals surface area contributed by atoms with Crippen molar-refractivity contribution in [2.24, 2.45) is 0 Å². The highest BCUT2D eigenvalue weighted by Gasteiger charge is 2.18. The molecule has 0 aromatic carbocycles. The molecule has 0 atom stereocenters. The van der Waals surface area contributed by atoms with Crippen molar-refractivity contribution in [3.05, 3.63) is 59.4 Å². The Bertz CT molecular complexity index is 1160. The number of nitrogens with zero attached hydrogens (tertiary/aromatic N) is 4. The average molecular weight is 406 g/mol. The lowest BCUT2D eigenvalue weighted by Crippen LogP contribution is -2.25. The van der Waals surface area contributed by atoms with Crippen molar-refractivity contribution < 1.29 is 9.53 Å². The molecular formula is C20H18N6O2S. The van der Waals surface area contributed by atoms with Crippen LogP contribution in [0.25, 0.3) is 21.7 Å². The molecule has 1 amide bonds. The van der Waals surface area contributed by atoms with Gasteiger partial charge in [-0.2, -0.15) is 0 Å². The lowest BCUT2D eigenvalue weighted by atomic mass is 10.1. The quantitative estimate of drug-likeness (QED) is 0.506. The number of fused-ring (bicyclic) bond motifs is 1. The zero-order valence-electron chi connectivity index (χ0n) is 15.6. The van der Waals surface area contributed by atoms with E-state index in [1.807, 2.05) is 18.2 Å². The first-order valence-electron chi connectivity index (χ1n) is 8.88. The number of nitrogens with one attached hydrogen (secondary N) is 1. The van der Waals surface area contributed by atoms with Crippen molar-refractivity contribution in [2.45, 2.75) is 6.42 Å². The van der Waals surface area contributed by atoms with E-state index in [4.69, 9.17) is 10.5 Å². The van der Waals surface area contributed by atoms with Gasteiger partial charge < -0.3 is 15.8 Å². The first-order valence-corrected chi connectivity index (χ1v) is 9.76. The van der Waals surface area contributed by atoms with Gasteiger partial charge in [-0.3, -0.25) is 14.8 Å². The predicted octanol–water partition coefficient (Wildman–Crippen LogP) is 2.71. The second kappa shape index (κ2) is 8.19. The summed E-state index contributed by atoms with van der Waals surface area (Å²) in [5, 5.41) is 5.22. The molecule has 0 aliphatic carbocycles. The molecule has 0 saturated heterocycles. The third-order valence-electron chi connectivity index (χ3n) is 4.36. The van der Waals surface area contributed by atoms with E-state index in [9.17, 15) is 4.79 Å². The summed E-state index contributed by atoms with van der Waals surface area (Å²) in [4.78, 5) is 30.6. The molecule has 8 nitrogen and oxygen atoms in total. The molecule has 0 aliphatic heterocycles. The number of nitrogen functional groups attached to an aromatic ring is 1. The van der Waals surface area contributed by atoms with Crippen molar-refractivity contribution >= 4 is 33.3 Å². The van der Waals surface area contributed by atoms with E-state index in [0.717, 1.165) is 11.3 Å². The molecule has 0 fully saturated rings. The number of hydrogen-bond acceptors (Lipinski definition) is 8. The second-order valence-electron chi connectivity index (χ2n) is 6.17. The topological polar surface area (TPSA) is 116 Å². The molecule has 4 rings (SSSR count). The molecule has 3 N–H and O–H groups in total. The van der Waals surface area contributed by atoms with Crippen molar-refractivity contribution in [1.29, 1.82) is 0 Å². The molecule has 0 bridgehead atoms. The van der Waals surface area contributed by atoms with Gasteiger partial charge in [0.05, 0.1) is 18.1 Å². The number of amides is 1. The number of carbonyl (C=O) groups excluding carboxylic acids is 1. The van der Waals surface area contributed by atoms with Crippen LogP contribution in [0, 0.1) is 0 Å². The zero-order chi connectivity index (χ0) is 20.2. The number of pyridine rings is 2. The number of carbonyl (C=O) groups is 1. The van der Waals surface area contributed by atoms with Crippen LogP contribution in [0.5, 0.6) is 5.75 Å². The van der Waals surface area contributed by atoms with Gasteiger partial charge in [0.2, 0.25) is 0 Å². The summed E-state index contributed by atoms with van der Waals surface area (Å²) in [6.07, 6.45) is 5.67. The minimum Gasteiger partial charge on any atom is -0.496 e. The SMILES string of the molecule is COc1ccncc1CCNC(=O)c1csc2nc(-c3ccccn3)nc(N)c12. The normalized spacial score (nSPS) is 10.8. The van der Waals surface area contributed by atoms with Crippen LogP contribution in [0.4, 0.5) is 5.82 Å². The molecule has 29 heavy (non-hydrogen) atoms. The van der Waals surface area contributed by atoms with Crippen LogP contribution < -0.4 is 15.8 Å². The van der Waals surface area contributed by atoms with Crippen molar-refractivity contribution in [1.82, 2.24) is 25.3 Å². The molecule has 9 heteroatoms. The number of anilines is 1. The van der Waals surface area contributed by atoms with Gasteiger partial charge in [-0.05, 0) is 24.6 Å². The highest BCUT2D eigenvalue weighted by Crippen LogP contribution is 2.30. The number of rotatable bonds is 6. The molecular weight excluding hydrogens is 388 g/mol. The van der Waals surface area contributed by atoms with Crippen LogP contribution in [0.1, 0.15) is 15.9 Å². The summed E-state index contributed by atoms with van der Waals surface area (Å²) < 4.78 is 5.31. The van der Waals surface area contributed by atoms with E-state index in [-0.39, 0.29) is 11.7 Å². The van der Waals surface area contributed by atoms with E-state index in [1.165, 1.54) is 11.3 Å². The maximum atomic E-state index is 12.7. The Morgan fingerprint density at radius 1 is 1.24 bits per heavy atom. The van der Waals surface area contributed by atoms with Crippen LogP contribution in [0.3, 0.4) is 0 Å². The fourth-order valence-corrected chi connectivity index (χ4v) is 3.88. The summed E-state index contributed by atoms with van der Waals surface area (Å²) >= 11 is 1.35. The highest BCUT2D eigenvalue weighted by atomic mass is 32.1. The Kier molecular flexibility index (Phi) is 5.30. The molecule has 4 aromatic rings. The van der Waals surface area contributed by atoms with Crippen LogP contribution in [0.2, 0.25) is 0 Å². The minimum atomic E-state index is -0.222. The molecule has 146 valence electrons. The van der Waals surface area contributed by atoms with Crippen molar-refractivity contribution in [3.63, 3.8) is 0 Å². The molecule has 0 aliphatic rings. The van der Waals surface area contributed by atoms with Gasteiger partial charge in [0.15, 0.2) is 5.82 Å². The maximum Gasteiger partial charge on any atom is 0.252 e. The Labute approximate surface area is 170 Å². The van der Waals surface area contributed by atoms with Gasteiger partial charge in [-0.15, -0.1) is 11.3 Å². The Morgan fingerprint density at radius 2 is 2.14 bits per heavy atom. The van der Waals surface area contributed by atoms with Crippen LogP contribution in [-0.4, -0.2) is 39.5 Å². The summed E-state index contributed by atoms with van der Waals surface area (Å²) in [5.74, 6) is 1.22. The van der Waals surface area contributed by atoms with E-state index >= 15 is 0 Å². The second-order valence-corrected chi connectivity index (χ2v) is 7.03. The molecule has 4 aromatic heterocycles. The fourth-order valence-electron chi connectivity index (χ4n) is 2.95. The zero-order valence-corrected chi connectivity index (χ0v) is 16.4. The molecule has 0 unspecified atom stereocenters. The minimum absolute atomic E-state index is 0.222. The first-order chi connectivity index (χ1) is 14.2. The van der Waals surface area contributed by atoms with E-state index < -0.39 is 0 Å². The summed E-state index contributed by atoms with van der Waals surface area (Å²) in [7, 11) is 1.61. The maximum absolute atomic E-state index is 12.7. The van der Waals surface area contributed by atoms with Crippen LogP contribution in [0.15, 0.2) is 48.2 Å². The largest absolute Gasteiger partial charge is 0.496 e. The number of methoxy groups -OCH3 is 1.